The third kappa shape index (κ3) is 5.14. The second-order valence-corrected chi connectivity index (χ2v) is 6.09. The number of hydrogen-bond acceptors (Lipinski definition) is 3. The molecule has 0 radical (unpaired) electrons. The molecule has 0 unspecified atom stereocenters. The van der Waals surface area contributed by atoms with Crippen molar-refractivity contribution in [3.05, 3.63) is 65.5 Å². The molecule has 0 saturated carbocycles. The lowest BCUT2D eigenvalue weighted by molar-refractivity contribution is -0.135. The Morgan fingerprint density at radius 2 is 1.80 bits per heavy atom. The molecule has 0 spiro atoms. The van der Waals surface area contributed by atoms with Gasteiger partial charge in [0.1, 0.15) is 11.6 Å². The first-order valence-electron chi connectivity index (χ1n) is 8.15. The molecule has 132 valence electrons. The summed E-state index contributed by atoms with van der Waals surface area (Å²) in [4.78, 5) is 25.4. The lowest BCUT2D eigenvalue weighted by Gasteiger charge is -2.27. The maximum atomic E-state index is 13.8. The molecule has 0 aliphatic carbocycles. The molecule has 0 aliphatic heterocycles. The van der Waals surface area contributed by atoms with Crippen molar-refractivity contribution in [1.29, 1.82) is 0 Å². The van der Waals surface area contributed by atoms with E-state index in [4.69, 9.17) is 4.74 Å². The Hall–Kier alpha value is -2.69. The van der Waals surface area contributed by atoms with Gasteiger partial charge >= 0.3 is 0 Å². The summed E-state index contributed by atoms with van der Waals surface area (Å²) in [5.74, 6) is -0.967. The van der Waals surface area contributed by atoms with Gasteiger partial charge in [0.15, 0.2) is 12.4 Å². The van der Waals surface area contributed by atoms with E-state index in [1.54, 1.807) is 4.90 Å². The van der Waals surface area contributed by atoms with Crippen molar-refractivity contribution in [2.45, 2.75) is 33.4 Å². The molecular weight excluding hydrogens is 321 g/mol. The molecule has 1 amide bonds. The summed E-state index contributed by atoms with van der Waals surface area (Å²) in [5.41, 5.74) is 1.04. The van der Waals surface area contributed by atoms with E-state index < -0.39 is 5.82 Å². The van der Waals surface area contributed by atoms with Gasteiger partial charge in [0, 0.05) is 18.7 Å². The highest BCUT2D eigenvalue weighted by Gasteiger charge is 2.18. The number of carbonyl (C=O) groups excluding carboxylic acids is 2. The van der Waals surface area contributed by atoms with Gasteiger partial charge in [-0.05, 0) is 38.5 Å². The van der Waals surface area contributed by atoms with Gasteiger partial charge in [0.2, 0.25) is 0 Å². The van der Waals surface area contributed by atoms with Gasteiger partial charge in [0.25, 0.3) is 5.91 Å². The van der Waals surface area contributed by atoms with Crippen molar-refractivity contribution < 1.29 is 18.7 Å². The van der Waals surface area contributed by atoms with Gasteiger partial charge in [-0.3, -0.25) is 9.59 Å². The zero-order valence-corrected chi connectivity index (χ0v) is 14.7. The molecule has 0 saturated heterocycles. The number of Topliss-reactive ketones (excluding diaryl/α,β-unsaturated/α-hetero) is 1. The average molecular weight is 343 g/mol. The van der Waals surface area contributed by atoms with Gasteiger partial charge in [0.05, 0.1) is 5.56 Å². The molecule has 2 rings (SSSR count). The van der Waals surface area contributed by atoms with E-state index in [1.807, 2.05) is 44.2 Å². The maximum Gasteiger partial charge on any atom is 0.261 e. The van der Waals surface area contributed by atoms with E-state index in [9.17, 15) is 14.0 Å². The largest absolute Gasteiger partial charge is 0.484 e. The third-order valence-corrected chi connectivity index (χ3v) is 3.82. The van der Waals surface area contributed by atoms with E-state index >= 15 is 0 Å². The number of benzene rings is 2. The summed E-state index contributed by atoms with van der Waals surface area (Å²) in [5, 5.41) is 0. The molecule has 0 aromatic heterocycles. The highest BCUT2D eigenvalue weighted by molar-refractivity contribution is 5.94. The Kier molecular flexibility index (Phi) is 6.28. The first-order chi connectivity index (χ1) is 11.9. The first kappa shape index (κ1) is 18.6. The van der Waals surface area contributed by atoms with Gasteiger partial charge < -0.3 is 9.64 Å². The second kappa shape index (κ2) is 8.42. The van der Waals surface area contributed by atoms with Crippen LogP contribution in [0.25, 0.3) is 0 Å². The fourth-order valence-electron chi connectivity index (χ4n) is 2.44. The quantitative estimate of drug-likeness (QED) is 0.718. The summed E-state index contributed by atoms with van der Waals surface area (Å²) < 4.78 is 19.2. The number of rotatable bonds is 7. The van der Waals surface area contributed by atoms with Crippen LogP contribution in [0, 0.1) is 5.82 Å². The van der Waals surface area contributed by atoms with Crippen LogP contribution in [0.4, 0.5) is 4.39 Å². The number of nitrogens with zero attached hydrogens (tertiary/aromatic N) is 1. The van der Waals surface area contributed by atoms with Crippen molar-refractivity contribution in [2.24, 2.45) is 0 Å². The SMILES string of the molecule is CC(=O)c1ccc(OCC(=O)N(Cc2ccccc2)C(C)C)cc1F. The topological polar surface area (TPSA) is 46.6 Å². The molecule has 5 heteroatoms. The van der Waals surface area contributed by atoms with E-state index in [0.29, 0.717) is 6.54 Å². The van der Waals surface area contributed by atoms with E-state index in [-0.39, 0.29) is 35.7 Å². The Morgan fingerprint density at radius 1 is 1.12 bits per heavy atom. The van der Waals surface area contributed by atoms with Crippen molar-refractivity contribution >= 4 is 11.7 Å². The highest BCUT2D eigenvalue weighted by atomic mass is 19.1. The average Bonchev–Trinajstić information content (AvgIpc) is 2.58. The van der Waals surface area contributed by atoms with Gasteiger partial charge in [-0.2, -0.15) is 0 Å². The number of halogens is 1. The summed E-state index contributed by atoms with van der Waals surface area (Å²) in [7, 11) is 0. The van der Waals surface area contributed by atoms with E-state index in [0.717, 1.165) is 11.6 Å². The minimum absolute atomic E-state index is 0.00608. The third-order valence-electron chi connectivity index (χ3n) is 3.82. The Balaban J connectivity index is 2.01. The summed E-state index contributed by atoms with van der Waals surface area (Å²) in [6, 6.07) is 13.7. The number of ether oxygens (including phenoxy) is 1. The molecule has 0 aliphatic rings. The van der Waals surface area contributed by atoms with Gasteiger partial charge in [-0.15, -0.1) is 0 Å². The standard InChI is InChI=1S/C20H22FNO3/c1-14(2)22(12-16-7-5-4-6-8-16)20(24)13-25-17-9-10-18(15(3)23)19(21)11-17/h4-11,14H,12-13H2,1-3H3. The minimum Gasteiger partial charge on any atom is -0.484 e. The summed E-state index contributed by atoms with van der Waals surface area (Å²) >= 11 is 0. The van der Waals surface area contributed by atoms with Crippen LogP contribution in [0.15, 0.2) is 48.5 Å². The number of amides is 1. The molecule has 0 heterocycles. The molecule has 0 fully saturated rings. The van der Waals surface area contributed by atoms with Crippen LogP contribution in [0.3, 0.4) is 0 Å². The molecule has 2 aromatic carbocycles. The van der Waals surface area contributed by atoms with Crippen molar-refractivity contribution in [1.82, 2.24) is 4.90 Å². The zero-order chi connectivity index (χ0) is 18.4. The molecule has 4 nitrogen and oxygen atoms in total. The Bertz CT molecular complexity index is 744. The monoisotopic (exact) mass is 343 g/mol. The molecule has 0 bridgehead atoms. The summed E-state index contributed by atoms with van der Waals surface area (Å²) in [6.45, 7) is 5.46. The van der Waals surface area contributed by atoms with Crippen LogP contribution in [0.5, 0.6) is 5.75 Å². The Morgan fingerprint density at radius 3 is 2.36 bits per heavy atom. The van der Waals surface area contributed by atoms with Crippen LogP contribution in [0.2, 0.25) is 0 Å². The van der Waals surface area contributed by atoms with Crippen LogP contribution < -0.4 is 4.74 Å². The minimum atomic E-state index is -0.651. The maximum absolute atomic E-state index is 13.8. The van der Waals surface area contributed by atoms with E-state index in [2.05, 4.69) is 0 Å². The van der Waals surface area contributed by atoms with Crippen molar-refractivity contribution in [2.75, 3.05) is 6.61 Å². The van der Waals surface area contributed by atoms with Crippen LogP contribution in [0.1, 0.15) is 36.7 Å². The lowest BCUT2D eigenvalue weighted by Crippen LogP contribution is -2.39. The van der Waals surface area contributed by atoms with Crippen molar-refractivity contribution in [3.63, 3.8) is 0 Å². The fourth-order valence-corrected chi connectivity index (χ4v) is 2.44. The second-order valence-electron chi connectivity index (χ2n) is 6.09. The molecular formula is C20H22FNO3. The lowest BCUT2D eigenvalue weighted by atomic mass is 10.1. The smallest absolute Gasteiger partial charge is 0.261 e. The normalized spacial score (nSPS) is 10.6. The first-order valence-corrected chi connectivity index (χ1v) is 8.15. The number of hydrogen-bond donors (Lipinski definition) is 0. The van der Waals surface area contributed by atoms with Crippen molar-refractivity contribution in [3.8, 4) is 5.75 Å². The predicted molar refractivity (Wildman–Crippen MR) is 94.0 cm³/mol. The van der Waals surface area contributed by atoms with Crippen LogP contribution in [-0.2, 0) is 11.3 Å². The van der Waals surface area contributed by atoms with Gasteiger partial charge in [-0.25, -0.2) is 4.39 Å². The van der Waals surface area contributed by atoms with E-state index in [1.165, 1.54) is 19.1 Å². The predicted octanol–water partition coefficient (Wildman–Crippen LogP) is 3.84. The van der Waals surface area contributed by atoms with Gasteiger partial charge in [-0.1, -0.05) is 30.3 Å². The molecule has 2 aromatic rings. The molecule has 0 N–H and O–H groups in total. The zero-order valence-electron chi connectivity index (χ0n) is 14.7. The number of carbonyl (C=O) groups is 2. The fraction of sp³-hybridized carbons (Fsp3) is 0.300. The van der Waals surface area contributed by atoms with Crippen LogP contribution in [-0.4, -0.2) is 29.2 Å². The number of ketones is 1. The Labute approximate surface area is 147 Å². The van der Waals surface area contributed by atoms with Crippen LogP contribution >= 0.6 is 0 Å². The highest BCUT2D eigenvalue weighted by Crippen LogP contribution is 2.17. The molecule has 0 atom stereocenters. The molecule has 25 heavy (non-hydrogen) atoms. The summed E-state index contributed by atoms with van der Waals surface area (Å²) in [6.07, 6.45) is 0.